The van der Waals surface area contributed by atoms with Gasteiger partial charge in [-0.2, -0.15) is 23.3 Å². The van der Waals surface area contributed by atoms with Crippen LogP contribution in [0.1, 0.15) is 30.9 Å². The Morgan fingerprint density at radius 2 is 1.72 bits per heavy atom. The summed E-state index contributed by atoms with van der Waals surface area (Å²) < 4.78 is 0. The van der Waals surface area contributed by atoms with Gasteiger partial charge < -0.3 is 24.8 Å². The molecule has 0 N–H and O–H groups in total. The van der Waals surface area contributed by atoms with Crippen molar-refractivity contribution in [1.29, 1.82) is 0 Å². The van der Waals surface area contributed by atoms with E-state index in [4.69, 9.17) is 0 Å². The minimum atomic E-state index is 0. The third-order valence-corrected chi connectivity index (χ3v) is 5.36. The predicted molar refractivity (Wildman–Crippen MR) is 103 cm³/mol. The van der Waals surface area contributed by atoms with Gasteiger partial charge in [0, 0.05) is 0 Å². The zero-order valence-corrected chi connectivity index (χ0v) is 20.4. The maximum atomic E-state index is 2.31. The van der Waals surface area contributed by atoms with Crippen LogP contribution in [0.3, 0.4) is 0 Å². The predicted octanol–water partition coefficient (Wildman–Crippen LogP) is -0.0125. The topological polar surface area (TPSA) is 0 Å². The standard InChI is InChI=1S/C11H12P.C10H15.2ClH.Zr/c1-12(2)11-7-9-5-3-4-6-10(9)8-11;1-3-4-7-10-8-5-6-9(10)2;;;/h3-8H,1-2H3;5-6,8H,3-4,7H2,1-2H3;2*1H;/q2*-1;;;+4/p-2. The zero-order chi connectivity index (χ0) is 15.9. The molecular formula is C21H27Cl2PZr. The molecule has 0 unspecified atom stereocenters. The number of unbranched alkanes of at least 4 members (excludes halogenated alkanes) is 1. The third kappa shape index (κ3) is 8.53. The van der Waals surface area contributed by atoms with E-state index in [1.54, 1.807) is 0 Å². The fourth-order valence-corrected chi connectivity index (χ4v) is 3.38. The van der Waals surface area contributed by atoms with Crippen LogP contribution >= 0.6 is 7.92 Å². The Kier molecular flexibility index (Phi) is 15.5. The number of hydrogen-bond donors (Lipinski definition) is 0. The van der Waals surface area contributed by atoms with Gasteiger partial charge >= 0.3 is 26.2 Å². The Balaban J connectivity index is 0. The first-order valence-corrected chi connectivity index (χ1v) is 10.4. The Labute approximate surface area is 186 Å². The molecule has 0 amide bonds. The molecule has 0 saturated carbocycles. The molecule has 0 radical (unpaired) electrons. The molecule has 134 valence electrons. The van der Waals surface area contributed by atoms with Gasteiger partial charge in [0.1, 0.15) is 0 Å². The first kappa shape index (κ1) is 27.3. The Morgan fingerprint density at radius 3 is 2.24 bits per heavy atom. The summed E-state index contributed by atoms with van der Waals surface area (Å²) in [6, 6.07) is 19.7. The number of benzene rings is 1. The van der Waals surface area contributed by atoms with Crippen LogP contribution in [0.4, 0.5) is 0 Å². The second-order valence-corrected chi connectivity index (χ2v) is 8.38. The summed E-state index contributed by atoms with van der Waals surface area (Å²) >= 11 is 0. The van der Waals surface area contributed by atoms with Crippen molar-refractivity contribution in [3.8, 4) is 0 Å². The number of hydrogen-bond acceptors (Lipinski definition) is 0. The van der Waals surface area contributed by atoms with E-state index >= 15 is 0 Å². The summed E-state index contributed by atoms with van der Waals surface area (Å²) in [6.07, 6.45) is 3.88. The van der Waals surface area contributed by atoms with Crippen LogP contribution < -0.4 is 30.1 Å². The van der Waals surface area contributed by atoms with Crippen LogP contribution in [0.2, 0.25) is 0 Å². The minimum Gasteiger partial charge on any atom is -1.00 e. The first-order valence-electron chi connectivity index (χ1n) is 8.15. The molecule has 0 saturated heterocycles. The molecule has 0 fully saturated rings. The van der Waals surface area contributed by atoms with Gasteiger partial charge in [-0.1, -0.05) is 39.2 Å². The van der Waals surface area contributed by atoms with E-state index in [0.717, 1.165) is 0 Å². The summed E-state index contributed by atoms with van der Waals surface area (Å²) in [4.78, 5) is 0. The molecule has 0 nitrogen and oxygen atoms in total. The number of halogens is 2. The molecule has 0 atom stereocenters. The number of rotatable bonds is 4. The van der Waals surface area contributed by atoms with Gasteiger partial charge in [-0.15, -0.1) is 48.3 Å². The summed E-state index contributed by atoms with van der Waals surface area (Å²) in [5.41, 5.74) is 2.98. The molecule has 3 aromatic carbocycles. The Bertz CT molecular complexity index is 668. The van der Waals surface area contributed by atoms with Crippen molar-refractivity contribution in [2.24, 2.45) is 0 Å². The second kappa shape index (κ2) is 14.2. The van der Waals surface area contributed by atoms with Gasteiger partial charge in [-0.3, -0.25) is 0 Å². The van der Waals surface area contributed by atoms with E-state index in [9.17, 15) is 0 Å². The fourth-order valence-electron chi connectivity index (χ4n) is 2.59. The van der Waals surface area contributed by atoms with E-state index in [-0.39, 0.29) is 58.9 Å². The SMILES string of the molecule is CCCC[c-]1cccc1C.CP(C)c1cc2ccccc2[cH-]1.[Cl-].[Cl-].[Zr+4]. The van der Waals surface area contributed by atoms with Gasteiger partial charge in [-0.05, 0) is 13.3 Å². The van der Waals surface area contributed by atoms with E-state index in [0.29, 0.717) is 0 Å². The largest absolute Gasteiger partial charge is 4.00 e. The third-order valence-electron chi connectivity index (χ3n) is 4.07. The number of fused-ring (bicyclic) bond motifs is 1. The molecule has 3 aromatic rings. The van der Waals surface area contributed by atoms with Crippen molar-refractivity contribution in [3.63, 3.8) is 0 Å². The van der Waals surface area contributed by atoms with Crippen molar-refractivity contribution < 1.29 is 51.0 Å². The summed E-state index contributed by atoms with van der Waals surface area (Å²) in [7, 11) is 0.0576. The smallest absolute Gasteiger partial charge is 1.00 e. The van der Waals surface area contributed by atoms with Gasteiger partial charge in [0.05, 0.1) is 0 Å². The molecule has 3 rings (SSSR count). The van der Waals surface area contributed by atoms with Gasteiger partial charge in [0.25, 0.3) is 0 Å². The monoisotopic (exact) mass is 470 g/mol. The zero-order valence-electron chi connectivity index (χ0n) is 15.5. The minimum absolute atomic E-state index is 0. The summed E-state index contributed by atoms with van der Waals surface area (Å²) in [5, 5.41) is 4.26. The average molecular weight is 473 g/mol. The molecule has 0 bridgehead atoms. The molecule has 25 heavy (non-hydrogen) atoms. The summed E-state index contributed by atoms with van der Waals surface area (Å²) in [5.74, 6) is 0. The molecule has 0 aliphatic rings. The maximum Gasteiger partial charge on any atom is 4.00 e. The van der Waals surface area contributed by atoms with E-state index in [1.165, 1.54) is 46.5 Å². The van der Waals surface area contributed by atoms with Gasteiger partial charge in [0.15, 0.2) is 0 Å². The van der Waals surface area contributed by atoms with Crippen LogP contribution in [0.25, 0.3) is 10.8 Å². The average Bonchev–Trinajstić information content (AvgIpc) is 3.11. The molecule has 0 aliphatic heterocycles. The molecule has 0 heterocycles. The second-order valence-electron chi connectivity index (χ2n) is 6.07. The fraction of sp³-hybridized carbons (Fsp3) is 0.333. The van der Waals surface area contributed by atoms with Crippen molar-refractivity contribution in [2.75, 3.05) is 13.3 Å². The molecule has 0 aromatic heterocycles. The van der Waals surface area contributed by atoms with E-state index in [2.05, 4.69) is 81.8 Å². The molecule has 0 aliphatic carbocycles. The van der Waals surface area contributed by atoms with Crippen molar-refractivity contribution >= 4 is 24.0 Å². The molecular weight excluding hydrogens is 445 g/mol. The van der Waals surface area contributed by atoms with Crippen molar-refractivity contribution in [2.45, 2.75) is 33.1 Å². The van der Waals surface area contributed by atoms with Crippen molar-refractivity contribution in [3.05, 3.63) is 65.7 Å². The van der Waals surface area contributed by atoms with Crippen LogP contribution in [0.5, 0.6) is 0 Å². The van der Waals surface area contributed by atoms with Crippen LogP contribution in [-0.2, 0) is 32.6 Å². The van der Waals surface area contributed by atoms with Crippen molar-refractivity contribution in [1.82, 2.24) is 0 Å². The Hall–Kier alpha value is 0.0731. The first-order chi connectivity index (χ1) is 10.6. The van der Waals surface area contributed by atoms with Gasteiger partial charge in [-0.25, -0.2) is 12.1 Å². The van der Waals surface area contributed by atoms with Gasteiger partial charge in [0.2, 0.25) is 0 Å². The Morgan fingerprint density at radius 1 is 1.04 bits per heavy atom. The molecule has 0 spiro atoms. The van der Waals surface area contributed by atoms with E-state index in [1.807, 2.05) is 0 Å². The van der Waals surface area contributed by atoms with Crippen LogP contribution in [-0.4, -0.2) is 13.3 Å². The van der Waals surface area contributed by atoms with E-state index < -0.39 is 0 Å². The van der Waals surface area contributed by atoms with Crippen LogP contribution in [0.15, 0.2) is 54.6 Å². The normalized spacial score (nSPS) is 9.48. The molecule has 4 heteroatoms. The maximum absolute atomic E-state index is 2.31. The van der Waals surface area contributed by atoms with Crippen LogP contribution in [0, 0.1) is 6.92 Å². The quantitative estimate of drug-likeness (QED) is 0.370. The summed E-state index contributed by atoms with van der Waals surface area (Å²) in [6.45, 7) is 9.01. The number of aryl methyl sites for hydroxylation is 2.